The summed E-state index contributed by atoms with van der Waals surface area (Å²) in [5.74, 6) is -0.604. The first kappa shape index (κ1) is 10.2. The van der Waals surface area contributed by atoms with Crippen molar-refractivity contribution >= 4 is 12.3 Å². The number of aldehydes is 1. The van der Waals surface area contributed by atoms with E-state index in [2.05, 4.69) is 9.97 Å². The summed E-state index contributed by atoms with van der Waals surface area (Å²) in [6, 6.07) is 1.66. The molecule has 0 spiro atoms. The number of carbonyl (C=O) groups excluding carboxylic acids is 1. The Morgan fingerprint density at radius 1 is 1.50 bits per heavy atom. The van der Waals surface area contributed by atoms with E-state index in [1.165, 1.54) is 12.4 Å². The third-order valence-corrected chi connectivity index (χ3v) is 0.691. The summed E-state index contributed by atoms with van der Waals surface area (Å²) in [6.45, 7) is 1.08. The number of carboxylic acids is 1. The maximum absolute atomic E-state index is 9.88. The fourth-order valence-corrected chi connectivity index (χ4v) is 0.371. The van der Waals surface area contributed by atoms with Crippen LogP contribution in [0.1, 0.15) is 17.5 Å². The van der Waals surface area contributed by atoms with Crippen LogP contribution in [0, 0.1) is 0 Å². The van der Waals surface area contributed by atoms with Gasteiger partial charge in [0.15, 0.2) is 12.1 Å². The molecule has 0 aliphatic heterocycles. The average molecular weight is 168 g/mol. The van der Waals surface area contributed by atoms with Crippen LogP contribution in [0.15, 0.2) is 18.5 Å². The zero-order valence-corrected chi connectivity index (χ0v) is 6.47. The number of rotatable bonds is 1. The summed E-state index contributed by atoms with van der Waals surface area (Å²) in [4.78, 5) is 26.1. The van der Waals surface area contributed by atoms with E-state index in [0.29, 0.717) is 6.29 Å². The smallest absolute Gasteiger partial charge is 0.300 e. The first-order valence-electron chi connectivity index (χ1n) is 3.08. The Labute approximate surface area is 69.1 Å². The molecule has 0 fully saturated rings. The minimum absolute atomic E-state index is 0.229. The number of aliphatic carboxylic acids is 1. The molecule has 5 heteroatoms. The molecule has 0 amide bonds. The van der Waals surface area contributed by atoms with Crippen LogP contribution in [0.2, 0.25) is 0 Å². The van der Waals surface area contributed by atoms with E-state index in [1.807, 2.05) is 0 Å². The van der Waals surface area contributed by atoms with Crippen molar-refractivity contribution in [3.05, 3.63) is 24.3 Å². The highest BCUT2D eigenvalue weighted by atomic mass is 16.4. The molecule has 0 saturated heterocycles. The molecule has 0 bridgehead atoms. The van der Waals surface area contributed by atoms with Crippen molar-refractivity contribution in [3.63, 3.8) is 0 Å². The van der Waals surface area contributed by atoms with E-state index in [0.717, 1.165) is 6.92 Å². The zero-order chi connectivity index (χ0) is 9.40. The molecule has 1 aromatic rings. The summed E-state index contributed by atoms with van der Waals surface area (Å²) < 4.78 is 0. The molecule has 1 heterocycles. The van der Waals surface area contributed by atoms with Crippen LogP contribution in [0.25, 0.3) is 0 Å². The molecule has 0 saturated carbocycles. The quantitative estimate of drug-likeness (QED) is 0.613. The monoisotopic (exact) mass is 168 g/mol. The molecule has 1 rings (SSSR count). The topological polar surface area (TPSA) is 80.1 Å². The molecular weight excluding hydrogens is 160 g/mol. The van der Waals surface area contributed by atoms with Crippen molar-refractivity contribution in [2.45, 2.75) is 6.92 Å². The molecule has 12 heavy (non-hydrogen) atoms. The maximum atomic E-state index is 9.88. The van der Waals surface area contributed by atoms with Crippen LogP contribution in [0.4, 0.5) is 0 Å². The van der Waals surface area contributed by atoms with Crippen LogP contribution in [0.5, 0.6) is 0 Å². The fraction of sp³-hybridized carbons (Fsp3) is 0.143. The van der Waals surface area contributed by atoms with Gasteiger partial charge in [-0.3, -0.25) is 9.59 Å². The highest BCUT2D eigenvalue weighted by Gasteiger charge is 1.83. The van der Waals surface area contributed by atoms with Crippen molar-refractivity contribution in [3.8, 4) is 0 Å². The predicted molar refractivity (Wildman–Crippen MR) is 40.7 cm³/mol. The minimum Gasteiger partial charge on any atom is -0.481 e. The van der Waals surface area contributed by atoms with Gasteiger partial charge in [0, 0.05) is 19.3 Å². The normalized spacial score (nSPS) is 7.75. The number of carbonyl (C=O) groups is 2. The summed E-state index contributed by atoms with van der Waals surface area (Å²) in [5, 5.41) is 7.42. The van der Waals surface area contributed by atoms with E-state index >= 15 is 0 Å². The molecule has 1 aromatic heterocycles. The van der Waals surface area contributed by atoms with Gasteiger partial charge >= 0.3 is 0 Å². The van der Waals surface area contributed by atoms with Crippen LogP contribution in [-0.2, 0) is 4.79 Å². The summed E-state index contributed by atoms with van der Waals surface area (Å²) in [7, 11) is 0. The van der Waals surface area contributed by atoms with Gasteiger partial charge in [-0.2, -0.15) is 0 Å². The van der Waals surface area contributed by atoms with Crippen LogP contribution in [0.3, 0.4) is 0 Å². The van der Waals surface area contributed by atoms with Gasteiger partial charge in [-0.25, -0.2) is 9.97 Å². The molecule has 64 valence electrons. The van der Waals surface area contributed by atoms with Crippen molar-refractivity contribution < 1.29 is 14.7 Å². The Morgan fingerprint density at radius 3 is 2.17 bits per heavy atom. The van der Waals surface area contributed by atoms with Crippen LogP contribution >= 0.6 is 0 Å². The zero-order valence-electron chi connectivity index (χ0n) is 6.47. The lowest BCUT2D eigenvalue weighted by Crippen LogP contribution is -1.87. The summed E-state index contributed by atoms with van der Waals surface area (Å²) in [6.07, 6.45) is 3.66. The number of aromatic nitrogens is 2. The Hall–Kier alpha value is -1.78. The number of carboxylic acid groups (broad SMARTS) is 1. The van der Waals surface area contributed by atoms with Crippen molar-refractivity contribution in [2.24, 2.45) is 0 Å². The maximum Gasteiger partial charge on any atom is 0.300 e. The molecule has 5 nitrogen and oxygen atoms in total. The van der Waals surface area contributed by atoms with E-state index in [1.54, 1.807) is 6.07 Å². The van der Waals surface area contributed by atoms with E-state index in [-0.39, 0.29) is 5.82 Å². The first-order chi connectivity index (χ1) is 5.66. The van der Waals surface area contributed by atoms with Crippen molar-refractivity contribution in [1.29, 1.82) is 0 Å². The van der Waals surface area contributed by atoms with E-state index in [9.17, 15) is 4.79 Å². The molecular formula is C7H8N2O3. The van der Waals surface area contributed by atoms with Crippen LogP contribution in [-0.4, -0.2) is 27.3 Å². The third kappa shape index (κ3) is 6.34. The molecule has 0 unspecified atom stereocenters. The lowest BCUT2D eigenvalue weighted by molar-refractivity contribution is -0.134. The lowest BCUT2D eigenvalue weighted by atomic mass is 10.6. The van der Waals surface area contributed by atoms with Gasteiger partial charge in [0.2, 0.25) is 0 Å². The van der Waals surface area contributed by atoms with Gasteiger partial charge in [0.05, 0.1) is 0 Å². The standard InChI is InChI=1S/C5H4N2O.C2H4O2/c8-4-5-6-2-1-3-7-5;1-2(3)4/h1-4H;1H3,(H,3,4). The number of nitrogens with zero attached hydrogens (tertiary/aromatic N) is 2. The van der Waals surface area contributed by atoms with Crippen molar-refractivity contribution in [2.75, 3.05) is 0 Å². The van der Waals surface area contributed by atoms with Gasteiger partial charge in [-0.1, -0.05) is 0 Å². The highest BCUT2D eigenvalue weighted by molar-refractivity contribution is 5.68. The van der Waals surface area contributed by atoms with Gasteiger partial charge in [0.1, 0.15) is 0 Å². The first-order valence-corrected chi connectivity index (χ1v) is 3.08. The summed E-state index contributed by atoms with van der Waals surface area (Å²) in [5.41, 5.74) is 0. The van der Waals surface area contributed by atoms with E-state index < -0.39 is 5.97 Å². The van der Waals surface area contributed by atoms with Gasteiger partial charge in [0.25, 0.3) is 5.97 Å². The second-order valence-corrected chi connectivity index (χ2v) is 1.74. The average Bonchev–Trinajstić information content (AvgIpc) is 2.05. The molecule has 0 radical (unpaired) electrons. The third-order valence-electron chi connectivity index (χ3n) is 0.691. The Balaban J connectivity index is 0.000000261. The minimum atomic E-state index is -0.833. The lowest BCUT2D eigenvalue weighted by Gasteiger charge is -1.80. The van der Waals surface area contributed by atoms with Gasteiger partial charge < -0.3 is 5.11 Å². The van der Waals surface area contributed by atoms with Gasteiger partial charge in [-0.15, -0.1) is 0 Å². The number of hydrogen-bond donors (Lipinski definition) is 1. The second-order valence-electron chi connectivity index (χ2n) is 1.74. The fourth-order valence-electron chi connectivity index (χ4n) is 0.371. The second kappa shape index (κ2) is 5.96. The van der Waals surface area contributed by atoms with Crippen LogP contribution < -0.4 is 0 Å². The molecule has 1 N–H and O–H groups in total. The largest absolute Gasteiger partial charge is 0.481 e. The Bertz CT molecular complexity index is 244. The molecule has 0 atom stereocenters. The SMILES string of the molecule is CC(=O)O.O=Cc1ncccn1. The predicted octanol–water partition coefficient (Wildman–Crippen LogP) is 0.380. The molecule has 0 aromatic carbocycles. The highest BCUT2D eigenvalue weighted by Crippen LogP contribution is 1.78. The molecule has 0 aliphatic rings. The van der Waals surface area contributed by atoms with Crippen molar-refractivity contribution in [1.82, 2.24) is 9.97 Å². The Kier molecular flexibility index (Phi) is 5.08. The van der Waals surface area contributed by atoms with E-state index in [4.69, 9.17) is 9.90 Å². The summed E-state index contributed by atoms with van der Waals surface area (Å²) >= 11 is 0. The Morgan fingerprint density at radius 2 is 1.92 bits per heavy atom. The number of hydrogen-bond acceptors (Lipinski definition) is 4. The van der Waals surface area contributed by atoms with Gasteiger partial charge in [-0.05, 0) is 6.07 Å². The molecule has 0 aliphatic carbocycles.